The maximum Gasteiger partial charge on any atom is 0.338 e. The minimum absolute atomic E-state index is 0.101. The molecule has 2 aromatic carbocycles. The molecule has 0 N–H and O–H groups in total. The van der Waals surface area contributed by atoms with E-state index in [2.05, 4.69) is 4.99 Å². The number of fused-ring (bicyclic) bond motifs is 2. The molecule has 0 spiro atoms. The highest BCUT2D eigenvalue weighted by Crippen LogP contribution is 2.35. The molecule has 1 amide bonds. The molecule has 182 valence electrons. The van der Waals surface area contributed by atoms with Gasteiger partial charge in [-0.25, -0.2) is 9.79 Å². The molecular weight excluding hydrogens is 484 g/mol. The summed E-state index contributed by atoms with van der Waals surface area (Å²) in [6, 6.07) is 11.9. The summed E-state index contributed by atoms with van der Waals surface area (Å²) in [5.41, 5.74) is 1.66. The Morgan fingerprint density at radius 1 is 1.19 bits per heavy atom. The van der Waals surface area contributed by atoms with Gasteiger partial charge in [-0.3, -0.25) is 24.3 Å². The van der Waals surface area contributed by atoms with Crippen molar-refractivity contribution in [2.45, 2.75) is 19.9 Å². The number of rotatable bonds is 4. The first-order chi connectivity index (χ1) is 17.2. The van der Waals surface area contributed by atoms with Crippen LogP contribution >= 0.6 is 11.3 Å². The second kappa shape index (κ2) is 8.68. The number of likely N-dealkylation sites (N-methyl/N-ethyl adjacent to an activating group) is 1. The van der Waals surface area contributed by atoms with Crippen molar-refractivity contribution in [3.63, 3.8) is 0 Å². The normalized spacial score (nSPS) is 18.0. The van der Waals surface area contributed by atoms with Gasteiger partial charge in [0.15, 0.2) is 4.80 Å². The summed E-state index contributed by atoms with van der Waals surface area (Å²) >= 11 is 1.05. The number of esters is 1. The van der Waals surface area contributed by atoms with E-state index in [0.717, 1.165) is 11.3 Å². The van der Waals surface area contributed by atoms with Crippen LogP contribution in [0.15, 0.2) is 69.6 Å². The van der Waals surface area contributed by atoms with Gasteiger partial charge in [-0.2, -0.15) is 0 Å². The highest BCUT2D eigenvalue weighted by molar-refractivity contribution is 7.07. The maximum absolute atomic E-state index is 13.9. The number of ether oxygens (including phenoxy) is 1. The number of anilines is 1. The van der Waals surface area contributed by atoms with Crippen molar-refractivity contribution in [2.75, 3.05) is 18.6 Å². The molecule has 0 saturated heterocycles. The number of hydrogen-bond acceptors (Lipinski definition) is 8. The van der Waals surface area contributed by atoms with Crippen molar-refractivity contribution in [3.05, 3.63) is 101 Å². The largest absolute Gasteiger partial charge is 0.463 e. The van der Waals surface area contributed by atoms with Crippen LogP contribution in [0, 0.1) is 10.1 Å². The zero-order chi connectivity index (χ0) is 25.7. The van der Waals surface area contributed by atoms with E-state index < -0.39 is 22.5 Å². The summed E-state index contributed by atoms with van der Waals surface area (Å²) in [5, 5.41) is 11.5. The van der Waals surface area contributed by atoms with Gasteiger partial charge in [0.2, 0.25) is 0 Å². The fraction of sp³-hybridized carbons (Fsp3) is 0.200. The molecular formula is C25H20N4O6S. The van der Waals surface area contributed by atoms with Crippen LogP contribution in [0.3, 0.4) is 0 Å². The van der Waals surface area contributed by atoms with Crippen molar-refractivity contribution < 1.29 is 19.2 Å². The molecule has 1 aromatic heterocycles. The van der Waals surface area contributed by atoms with Gasteiger partial charge in [0.25, 0.3) is 17.2 Å². The van der Waals surface area contributed by atoms with Gasteiger partial charge in [-0.15, -0.1) is 0 Å². The number of hydrogen-bond donors (Lipinski definition) is 0. The average molecular weight is 505 g/mol. The van der Waals surface area contributed by atoms with Gasteiger partial charge in [-0.1, -0.05) is 41.7 Å². The quantitative estimate of drug-likeness (QED) is 0.304. The number of nitro benzene ring substituents is 1. The van der Waals surface area contributed by atoms with Crippen LogP contribution in [0.1, 0.15) is 31.0 Å². The first-order valence-electron chi connectivity index (χ1n) is 11.1. The molecule has 3 heterocycles. The van der Waals surface area contributed by atoms with Gasteiger partial charge in [0, 0.05) is 24.7 Å². The van der Waals surface area contributed by atoms with E-state index >= 15 is 0 Å². The van der Waals surface area contributed by atoms with Crippen LogP contribution in [0.25, 0.3) is 5.57 Å². The maximum atomic E-state index is 13.9. The predicted octanol–water partition coefficient (Wildman–Crippen LogP) is 2.05. The molecule has 0 aliphatic carbocycles. The second-order valence-corrected chi connectivity index (χ2v) is 9.21. The lowest BCUT2D eigenvalue weighted by molar-refractivity contribution is -0.384. The van der Waals surface area contributed by atoms with Crippen LogP contribution in [-0.2, 0) is 14.3 Å². The summed E-state index contributed by atoms with van der Waals surface area (Å²) < 4.78 is 6.75. The number of aromatic nitrogens is 1. The highest BCUT2D eigenvalue weighted by atomic mass is 32.1. The minimum atomic E-state index is -1.01. The third-order valence-corrected chi connectivity index (χ3v) is 7.22. The Morgan fingerprint density at radius 2 is 1.94 bits per heavy atom. The lowest BCUT2D eigenvalue weighted by Crippen LogP contribution is -2.40. The van der Waals surface area contributed by atoms with E-state index in [1.807, 2.05) is 6.07 Å². The molecule has 1 unspecified atom stereocenters. The van der Waals surface area contributed by atoms with Crippen LogP contribution in [0.4, 0.5) is 11.4 Å². The number of thiazole rings is 1. The minimum Gasteiger partial charge on any atom is -0.463 e. The molecule has 0 radical (unpaired) electrons. The van der Waals surface area contributed by atoms with E-state index in [9.17, 15) is 24.5 Å². The van der Waals surface area contributed by atoms with Crippen molar-refractivity contribution in [1.82, 2.24) is 4.57 Å². The summed E-state index contributed by atoms with van der Waals surface area (Å²) in [7, 11) is 1.64. The Morgan fingerprint density at radius 3 is 2.67 bits per heavy atom. The van der Waals surface area contributed by atoms with E-state index in [-0.39, 0.29) is 38.7 Å². The van der Waals surface area contributed by atoms with Crippen molar-refractivity contribution in [3.8, 4) is 0 Å². The topological polar surface area (TPSA) is 124 Å². The van der Waals surface area contributed by atoms with Gasteiger partial charge in [-0.05, 0) is 25.5 Å². The van der Waals surface area contributed by atoms with Crippen LogP contribution < -0.4 is 19.8 Å². The molecule has 0 bridgehead atoms. The SMILES string of the molecule is CCOC(=O)C1=C(C)N=c2sc(=C3C(=O)N(C)c4ccccc43)c(=O)n2C1c1cccc([N+](=O)[O-])c1. The Labute approximate surface area is 208 Å². The molecule has 0 saturated carbocycles. The van der Waals surface area contributed by atoms with Crippen LogP contribution in [-0.4, -0.2) is 35.0 Å². The third kappa shape index (κ3) is 3.47. The number of para-hydroxylation sites is 1. The molecule has 1 atom stereocenters. The van der Waals surface area contributed by atoms with Gasteiger partial charge in [0.1, 0.15) is 4.53 Å². The molecule has 2 aliphatic heterocycles. The number of benzene rings is 2. The van der Waals surface area contributed by atoms with E-state index in [0.29, 0.717) is 22.5 Å². The second-order valence-electron chi connectivity index (χ2n) is 8.23. The molecule has 10 nitrogen and oxygen atoms in total. The van der Waals surface area contributed by atoms with Crippen molar-refractivity contribution >= 4 is 40.2 Å². The number of carbonyl (C=O) groups is 2. The molecule has 2 aliphatic rings. The zero-order valence-electron chi connectivity index (χ0n) is 19.5. The predicted molar refractivity (Wildman–Crippen MR) is 132 cm³/mol. The Bertz CT molecular complexity index is 1680. The smallest absolute Gasteiger partial charge is 0.338 e. The number of carbonyl (C=O) groups excluding carboxylic acids is 2. The summed E-state index contributed by atoms with van der Waals surface area (Å²) in [6.07, 6.45) is 0. The van der Waals surface area contributed by atoms with Gasteiger partial charge < -0.3 is 9.64 Å². The Balaban J connectivity index is 1.84. The van der Waals surface area contributed by atoms with Gasteiger partial charge in [0.05, 0.1) is 40.1 Å². The summed E-state index contributed by atoms with van der Waals surface area (Å²) in [6.45, 7) is 3.39. The molecule has 36 heavy (non-hydrogen) atoms. The number of non-ortho nitro benzene ring substituents is 1. The van der Waals surface area contributed by atoms with Crippen LogP contribution in [0.5, 0.6) is 0 Å². The fourth-order valence-corrected chi connectivity index (χ4v) is 5.69. The zero-order valence-corrected chi connectivity index (χ0v) is 20.4. The third-order valence-electron chi connectivity index (χ3n) is 6.17. The Hall–Kier alpha value is -4.38. The highest BCUT2D eigenvalue weighted by Gasteiger charge is 2.36. The molecule has 3 aromatic rings. The summed E-state index contributed by atoms with van der Waals surface area (Å²) in [4.78, 5) is 57.3. The van der Waals surface area contributed by atoms with Crippen molar-refractivity contribution in [1.29, 1.82) is 0 Å². The number of allylic oxidation sites excluding steroid dienone is 1. The van der Waals surface area contributed by atoms with Gasteiger partial charge >= 0.3 is 5.97 Å². The van der Waals surface area contributed by atoms with Crippen molar-refractivity contribution in [2.24, 2.45) is 4.99 Å². The number of amides is 1. The van der Waals surface area contributed by atoms with Crippen LogP contribution in [0.2, 0.25) is 0 Å². The van der Waals surface area contributed by atoms with E-state index in [1.54, 1.807) is 45.2 Å². The van der Waals surface area contributed by atoms with E-state index in [1.165, 1.54) is 27.7 Å². The first kappa shape index (κ1) is 23.4. The summed E-state index contributed by atoms with van der Waals surface area (Å²) in [5.74, 6) is -0.995. The molecule has 11 heteroatoms. The lowest BCUT2D eigenvalue weighted by atomic mass is 9.95. The molecule has 5 rings (SSSR count). The first-order valence-corrected chi connectivity index (χ1v) is 11.9. The number of nitro groups is 1. The van der Waals surface area contributed by atoms with E-state index in [4.69, 9.17) is 4.74 Å². The monoisotopic (exact) mass is 504 g/mol. The average Bonchev–Trinajstić information content (AvgIpc) is 3.31. The molecule has 0 fully saturated rings. The number of nitrogens with zero attached hydrogens (tertiary/aromatic N) is 4. The standard InChI is InChI=1S/C25H20N4O6S/c1-4-35-24(32)18-13(2)26-25-28(20(18)14-8-7-9-15(12-14)29(33)34)23(31)21(36-25)19-16-10-5-6-11-17(16)27(3)22(19)30/h5-12,20H,4H2,1-3H3. The lowest BCUT2D eigenvalue weighted by Gasteiger charge is -2.24. The fourth-order valence-electron chi connectivity index (χ4n) is 4.56. The Kier molecular flexibility index (Phi) is 5.64.